The molecule has 0 fully saturated rings. The number of thioether (sulfide) groups is 1. The van der Waals surface area contributed by atoms with E-state index in [2.05, 4.69) is 15.6 Å². The summed E-state index contributed by atoms with van der Waals surface area (Å²) in [5.41, 5.74) is 6.98. The van der Waals surface area contributed by atoms with E-state index in [1.807, 2.05) is 24.3 Å². The summed E-state index contributed by atoms with van der Waals surface area (Å²) >= 11 is 6.82. The summed E-state index contributed by atoms with van der Waals surface area (Å²) in [6.45, 7) is 0.445. The Hall–Kier alpha value is -2.26. The zero-order chi connectivity index (χ0) is 22.1. The van der Waals surface area contributed by atoms with Crippen LogP contribution in [0.3, 0.4) is 0 Å². The van der Waals surface area contributed by atoms with Crippen molar-refractivity contribution in [2.45, 2.75) is 24.1 Å². The van der Waals surface area contributed by atoms with Gasteiger partial charge in [-0.05, 0) is 60.2 Å². The number of allylic oxidation sites excluding steroid dienone is 1. The Morgan fingerprint density at radius 2 is 1.87 bits per heavy atom. The topological polar surface area (TPSA) is 63.0 Å². The van der Waals surface area contributed by atoms with Crippen LogP contribution in [0, 0.1) is 0 Å². The molecule has 0 saturated heterocycles. The number of alkyl halides is 3. The number of benzene rings is 2. The van der Waals surface area contributed by atoms with Crippen LogP contribution < -0.4 is 16.4 Å². The van der Waals surface area contributed by atoms with E-state index >= 15 is 0 Å². The maximum Gasteiger partial charge on any atom is 0.432 e. The quantitative estimate of drug-likeness (QED) is 0.343. The molecule has 2 aromatic carbocycles. The molecular formula is C22H20ClF3N4S. The molecule has 1 aliphatic rings. The van der Waals surface area contributed by atoms with Gasteiger partial charge in [0, 0.05) is 27.7 Å². The van der Waals surface area contributed by atoms with Gasteiger partial charge in [-0.25, -0.2) is 0 Å². The monoisotopic (exact) mass is 464 g/mol. The van der Waals surface area contributed by atoms with Gasteiger partial charge in [0.2, 0.25) is 0 Å². The van der Waals surface area contributed by atoms with Gasteiger partial charge in [-0.1, -0.05) is 47.6 Å². The second-order valence-electron chi connectivity index (χ2n) is 7.26. The predicted octanol–water partition coefficient (Wildman–Crippen LogP) is 5.25. The van der Waals surface area contributed by atoms with Crippen LogP contribution in [0.1, 0.15) is 17.5 Å². The van der Waals surface area contributed by atoms with E-state index in [1.165, 1.54) is 0 Å². The van der Waals surface area contributed by atoms with Crippen LogP contribution in [0.5, 0.6) is 0 Å². The lowest BCUT2D eigenvalue weighted by molar-refractivity contribution is -0.0971. The van der Waals surface area contributed by atoms with Crippen molar-refractivity contribution >= 4 is 39.0 Å². The zero-order valence-electron chi connectivity index (χ0n) is 16.3. The molecule has 0 saturated carbocycles. The second kappa shape index (κ2) is 8.70. The SMILES string of the molecule is N[C@]1(NCCCc2ccc(Cl)cc2)NC(C(F)(F)F)=C(c2ccc3cnccc3c2)S1. The van der Waals surface area contributed by atoms with Gasteiger partial charge >= 0.3 is 6.18 Å². The highest BCUT2D eigenvalue weighted by atomic mass is 35.5. The van der Waals surface area contributed by atoms with Crippen molar-refractivity contribution < 1.29 is 13.2 Å². The molecule has 31 heavy (non-hydrogen) atoms. The van der Waals surface area contributed by atoms with Gasteiger partial charge in [-0.3, -0.25) is 16.0 Å². The van der Waals surface area contributed by atoms with Crippen LogP contribution in [0.4, 0.5) is 13.2 Å². The van der Waals surface area contributed by atoms with Crippen LogP contribution in [-0.2, 0) is 6.42 Å². The summed E-state index contributed by atoms with van der Waals surface area (Å²) in [5.74, 6) is 0. The summed E-state index contributed by atoms with van der Waals surface area (Å²) in [5, 5.41) is 6.38. The van der Waals surface area contributed by atoms with E-state index in [-0.39, 0.29) is 4.91 Å². The molecule has 1 aliphatic heterocycles. The lowest BCUT2D eigenvalue weighted by Crippen LogP contribution is -2.59. The number of aromatic nitrogens is 1. The predicted molar refractivity (Wildman–Crippen MR) is 120 cm³/mol. The fourth-order valence-corrected chi connectivity index (χ4v) is 4.69. The molecule has 0 unspecified atom stereocenters. The van der Waals surface area contributed by atoms with Gasteiger partial charge < -0.3 is 5.32 Å². The van der Waals surface area contributed by atoms with Crippen LogP contribution in [-0.4, -0.2) is 22.8 Å². The molecule has 0 radical (unpaired) electrons. The third-order valence-corrected chi connectivity index (χ3v) is 6.39. The molecular weight excluding hydrogens is 445 g/mol. The van der Waals surface area contributed by atoms with Crippen LogP contribution in [0.15, 0.2) is 66.6 Å². The van der Waals surface area contributed by atoms with Gasteiger partial charge in [-0.15, -0.1) is 0 Å². The van der Waals surface area contributed by atoms with E-state index in [1.54, 1.807) is 36.7 Å². The third-order valence-electron chi connectivity index (χ3n) is 4.93. The first kappa shape index (κ1) is 22.0. The average Bonchev–Trinajstić information content (AvgIpc) is 3.11. The van der Waals surface area contributed by atoms with Crippen molar-refractivity contribution in [1.29, 1.82) is 0 Å². The van der Waals surface area contributed by atoms with Gasteiger partial charge in [0.1, 0.15) is 5.70 Å². The lowest BCUT2D eigenvalue weighted by Gasteiger charge is -2.27. The molecule has 2 heterocycles. The molecule has 3 aromatic rings. The maximum atomic E-state index is 13.8. The Morgan fingerprint density at radius 3 is 2.61 bits per heavy atom. The Labute approximate surface area is 187 Å². The van der Waals surface area contributed by atoms with E-state index in [4.69, 9.17) is 17.3 Å². The van der Waals surface area contributed by atoms with E-state index in [9.17, 15) is 13.2 Å². The maximum absolute atomic E-state index is 13.8. The Kier molecular flexibility index (Phi) is 6.16. The molecule has 0 aliphatic carbocycles. The minimum absolute atomic E-state index is 0.0684. The van der Waals surface area contributed by atoms with Crippen molar-refractivity contribution in [3.8, 4) is 0 Å². The number of rotatable bonds is 6. The number of aryl methyl sites for hydroxylation is 1. The fourth-order valence-electron chi connectivity index (χ4n) is 3.41. The summed E-state index contributed by atoms with van der Waals surface area (Å²) < 4.78 is 41.3. The van der Waals surface area contributed by atoms with Crippen molar-refractivity contribution in [2.24, 2.45) is 5.73 Å². The average molecular weight is 465 g/mol. The highest BCUT2D eigenvalue weighted by Crippen LogP contribution is 2.46. The second-order valence-corrected chi connectivity index (χ2v) is 8.95. The third kappa shape index (κ3) is 5.15. The van der Waals surface area contributed by atoms with Crippen molar-refractivity contribution in [3.05, 3.63) is 82.8 Å². The number of halogens is 4. The van der Waals surface area contributed by atoms with E-state index in [0.717, 1.165) is 34.5 Å². The summed E-state index contributed by atoms with van der Waals surface area (Å²) in [4.78, 5) is 4.11. The normalized spacial score (nSPS) is 19.1. The first-order chi connectivity index (χ1) is 14.7. The Bertz CT molecular complexity index is 1120. The highest BCUT2D eigenvalue weighted by molar-refractivity contribution is 8.09. The number of fused-ring (bicyclic) bond motifs is 1. The minimum Gasteiger partial charge on any atom is -0.341 e. The van der Waals surface area contributed by atoms with Crippen LogP contribution in [0.25, 0.3) is 15.7 Å². The number of pyridine rings is 1. The number of nitrogens with one attached hydrogen (secondary N) is 2. The summed E-state index contributed by atoms with van der Waals surface area (Å²) in [6, 6.07) is 14.4. The first-order valence-electron chi connectivity index (χ1n) is 9.65. The van der Waals surface area contributed by atoms with Gasteiger partial charge in [0.05, 0.1) is 0 Å². The molecule has 1 aromatic heterocycles. The largest absolute Gasteiger partial charge is 0.432 e. The molecule has 0 amide bonds. The van der Waals surface area contributed by atoms with E-state index < -0.39 is 17.0 Å². The van der Waals surface area contributed by atoms with Crippen LogP contribution in [0.2, 0.25) is 5.02 Å². The lowest BCUT2D eigenvalue weighted by atomic mass is 10.1. The van der Waals surface area contributed by atoms with Gasteiger partial charge in [0.25, 0.3) is 0 Å². The zero-order valence-corrected chi connectivity index (χ0v) is 17.9. The first-order valence-corrected chi connectivity index (χ1v) is 10.8. The van der Waals surface area contributed by atoms with Crippen LogP contribution >= 0.6 is 23.4 Å². The molecule has 9 heteroatoms. The standard InChI is InChI=1S/C22H20ClF3N4S/c23-18-7-3-14(4-8-18)2-1-10-29-22(27)30-20(21(24,25)26)19(31-22)16-5-6-17-13-28-11-9-15(17)12-16/h3-9,11-13,29-30H,1-2,10,27H2/t22-/m0/s1. The van der Waals surface area contributed by atoms with Crippen molar-refractivity contribution in [2.75, 3.05) is 6.54 Å². The number of hydrogen-bond donors (Lipinski definition) is 3. The number of hydrogen-bond acceptors (Lipinski definition) is 5. The molecule has 1 atom stereocenters. The fraction of sp³-hybridized carbons (Fsp3) is 0.227. The number of nitrogens with two attached hydrogens (primary N) is 1. The van der Waals surface area contributed by atoms with Crippen molar-refractivity contribution in [3.63, 3.8) is 0 Å². The molecule has 4 rings (SSSR count). The molecule has 162 valence electrons. The Morgan fingerprint density at radius 1 is 1.10 bits per heavy atom. The van der Waals surface area contributed by atoms with Crippen molar-refractivity contribution in [1.82, 2.24) is 15.6 Å². The van der Waals surface area contributed by atoms with Gasteiger partial charge in [-0.2, -0.15) is 13.2 Å². The van der Waals surface area contributed by atoms with Gasteiger partial charge in [0.15, 0.2) is 5.12 Å². The molecule has 4 nitrogen and oxygen atoms in total. The summed E-state index contributed by atoms with van der Waals surface area (Å²) in [6.07, 6.45) is 0.203. The van der Waals surface area contributed by atoms with E-state index in [0.29, 0.717) is 23.6 Å². The molecule has 0 bridgehead atoms. The summed E-state index contributed by atoms with van der Waals surface area (Å²) in [7, 11) is 0. The highest BCUT2D eigenvalue weighted by Gasteiger charge is 2.47. The Balaban J connectivity index is 1.48. The smallest absolute Gasteiger partial charge is 0.341 e. The molecule has 0 spiro atoms. The minimum atomic E-state index is -4.55. The molecule has 4 N–H and O–H groups in total. The number of nitrogens with zero attached hydrogens (tertiary/aromatic N) is 1.